The summed E-state index contributed by atoms with van der Waals surface area (Å²) in [5.74, 6) is 0.718. The van der Waals surface area contributed by atoms with Crippen LogP contribution in [0.25, 0.3) is 11.3 Å². The van der Waals surface area contributed by atoms with Crippen LogP contribution in [0.3, 0.4) is 0 Å². The molecule has 30 heavy (non-hydrogen) atoms. The van der Waals surface area contributed by atoms with Gasteiger partial charge in [0.2, 0.25) is 0 Å². The third-order valence-corrected chi connectivity index (χ3v) is 7.14. The molecule has 0 bridgehead atoms. The number of aromatic nitrogens is 3. The molecule has 0 radical (unpaired) electrons. The van der Waals surface area contributed by atoms with Crippen molar-refractivity contribution in [3.8, 4) is 11.3 Å². The number of nitrogens with zero attached hydrogens (tertiary/aromatic N) is 4. The Balaban J connectivity index is 0.00000256. The summed E-state index contributed by atoms with van der Waals surface area (Å²) < 4.78 is 1.42. The third-order valence-electron chi connectivity index (χ3n) is 6.77. The average molecular weight is 434 g/mol. The van der Waals surface area contributed by atoms with Gasteiger partial charge in [-0.1, -0.05) is 25.4 Å². The smallest absolute Gasteiger partial charge is 0.269 e. The predicted molar refractivity (Wildman–Crippen MR) is 121 cm³/mol. The minimum Gasteiger partial charge on any atom is -0.390 e. The molecule has 7 nitrogen and oxygen atoms in total. The van der Waals surface area contributed by atoms with Crippen molar-refractivity contribution in [3.05, 3.63) is 39.0 Å². The lowest BCUT2D eigenvalue weighted by atomic mass is 9.74. The highest BCUT2D eigenvalue weighted by molar-refractivity contribution is 6.33. The molecule has 1 aliphatic heterocycles. The first-order valence-electron chi connectivity index (χ1n) is 10.2. The summed E-state index contributed by atoms with van der Waals surface area (Å²) in [5, 5.41) is 10.1. The molecule has 1 saturated carbocycles. The number of nitrogens with two attached hydrogens (primary N) is 1. The molecular weight excluding hydrogens is 402 g/mol. The van der Waals surface area contributed by atoms with E-state index in [2.05, 4.69) is 9.88 Å². The maximum atomic E-state index is 12.2. The molecular formula is C22H32ClN5O2. The summed E-state index contributed by atoms with van der Waals surface area (Å²) in [4.78, 5) is 23.8. The highest BCUT2D eigenvalue weighted by Gasteiger charge is 2.43. The number of hydrogen-bond acceptors (Lipinski definition) is 6. The van der Waals surface area contributed by atoms with Crippen molar-refractivity contribution in [1.29, 1.82) is 0 Å². The maximum Gasteiger partial charge on any atom is 0.269 e. The zero-order valence-electron chi connectivity index (χ0n) is 17.0. The number of anilines is 1. The molecule has 2 aliphatic rings. The summed E-state index contributed by atoms with van der Waals surface area (Å²) in [6.07, 6.45) is 7.29. The summed E-state index contributed by atoms with van der Waals surface area (Å²) in [5.41, 5.74) is 8.65. The summed E-state index contributed by atoms with van der Waals surface area (Å²) in [6, 6.07) is 2.05. The second-order valence-electron chi connectivity index (χ2n) is 8.39. The highest BCUT2D eigenvalue weighted by atomic mass is 35.5. The molecule has 8 heteroatoms. The van der Waals surface area contributed by atoms with E-state index in [4.69, 9.17) is 22.3 Å². The van der Waals surface area contributed by atoms with Crippen LogP contribution >= 0.6 is 11.6 Å². The molecule has 4 rings (SSSR count). The fraction of sp³-hybridized carbons (Fsp3) is 0.591. The largest absolute Gasteiger partial charge is 0.390 e. The Morgan fingerprint density at radius 3 is 2.60 bits per heavy atom. The predicted octanol–water partition coefficient (Wildman–Crippen LogP) is 3.03. The van der Waals surface area contributed by atoms with Gasteiger partial charge in [-0.3, -0.25) is 4.79 Å². The second-order valence-corrected chi connectivity index (χ2v) is 8.77. The molecule has 1 aliphatic carbocycles. The van der Waals surface area contributed by atoms with E-state index in [9.17, 15) is 9.90 Å². The van der Waals surface area contributed by atoms with E-state index in [-0.39, 0.29) is 30.0 Å². The van der Waals surface area contributed by atoms with Gasteiger partial charge in [-0.05, 0) is 44.1 Å². The van der Waals surface area contributed by atoms with Crippen LogP contribution in [-0.4, -0.2) is 38.8 Å². The Morgan fingerprint density at radius 1 is 1.30 bits per heavy atom. The quantitative estimate of drug-likeness (QED) is 0.772. The molecule has 0 amide bonds. The van der Waals surface area contributed by atoms with Gasteiger partial charge in [0.25, 0.3) is 5.56 Å². The topological polar surface area (TPSA) is 97.3 Å². The van der Waals surface area contributed by atoms with Crippen LogP contribution in [0.1, 0.15) is 50.9 Å². The highest BCUT2D eigenvalue weighted by Crippen LogP contribution is 2.46. The molecule has 1 spiro atoms. The molecule has 3 N–H and O–H groups in total. The van der Waals surface area contributed by atoms with Crippen LogP contribution < -0.4 is 16.2 Å². The zero-order valence-corrected chi connectivity index (χ0v) is 17.7. The van der Waals surface area contributed by atoms with Crippen LogP contribution in [-0.2, 0) is 13.7 Å². The fourth-order valence-corrected chi connectivity index (χ4v) is 5.17. The van der Waals surface area contributed by atoms with Gasteiger partial charge in [-0.2, -0.15) is 0 Å². The van der Waals surface area contributed by atoms with Crippen molar-refractivity contribution in [2.24, 2.45) is 18.2 Å². The van der Waals surface area contributed by atoms with Crippen molar-refractivity contribution in [1.82, 2.24) is 14.5 Å². The van der Waals surface area contributed by atoms with E-state index in [1.165, 1.54) is 17.4 Å². The van der Waals surface area contributed by atoms with Crippen molar-refractivity contribution in [2.75, 3.05) is 18.0 Å². The Morgan fingerprint density at radius 2 is 2.00 bits per heavy atom. The van der Waals surface area contributed by atoms with E-state index in [0.717, 1.165) is 38.2 Å². The molecule has 2 aromatic rings. The number of rotatable bonds is 3. The molecule has 2 aromatic heterocycles. The van der Waals surface area contributed by atoms with Gasteiger partial charge < -0.3 is 20.3 Å². The van der Waals surface area contributed by atoms with Gasteiger partial charge in [0, 0.05) is 37.9 Å². The van der Waals surface area contributed by atoms with Crippen molar-refractivity contribution in [2.45, 2.75) is 59.1 Å². The summed E-state index contributed by atoms with van der Waals surface area (Å²) in [6.45, 7) is 3.36. The molecule has 0 unspecified atom stereocenters. The minimum atomic E-state index is -0.283. The summed E-state index contributed by atoms with van der Waals surface area (Å²) >= 11 is 6.29. The lowest BCUT2D eigenvalue weighted by molar-refractivity contribution is 0.196. The first-order valence-corrected chi connectivity index (χ1v) is 10.6. The maximum absolute atomic E-state index is 12.2. The monoisotopic (exact) mass is 433 g/mol. The second kappa shape index (κ2) is 8.65. The molecule has 0 aromatic carbocycles. The van der Waals surface area contributed by atoms with E-state index < -0.39 is 0 Å². The number of hydrogen-bond donors (Lipinski definition) is 2. The SMILES string of the molecule is C.Cc1nc(N2CCC3(CCC[C@H]3N)CC2)c(CO)nc1-c1ccn(C)c(=O)c1Cl. The average Bonchev–Trinajstić information content (AvgIpc) is 3.07. The van der Waals surface area contributed by atoms with E-state index in [0.29, 0.717) is 28.7 Å². The Hall–Kier alpha value is -1.96. The fourth-order valence-electron chi connectivity index (χ4n) is 4.89. The van der Waals surface area contributed by atoms with Crippen molar-refractivity contribution < 1.29 is 5.11 Å². The standard InChI is InChI=1S/C21H28ClN5O2.CH4/c1-13-18(14-5-9-26(2)20(29)17(14)22)25-15(12-28)19(24-13)27-10-7-21(8-11-27)6-3-4-16(21)23;/h5,9,16,28H,3-4,6-8,10-12,23H2,1-2H3;1H4/t16-;/m1./s1. The lowest BCUT2D eigenvalue weighted by Crippen LogP contribution is -2.47. The molecule has 1 atom stereocenters. The van der Waals surface area contributed by atoms with Crippen LogP contribution in [0.15, 0.2) is 17.1 Å². The van der Waals surface area contributed by atoms with Gasteiger partial charge in [0.1, 0.15) is 10.7 Å². The van der Waals surface area contributed by atoms with Gasteiger partial charge in [-0.25, -0.2) is 9.97 Å². The van der Waals surface area contributed by atoms with Crippen LogP contribution in [0, 0.1) is 12.3 Å². The number of aryl methyl sites for hydroxylation is 2. The van der Waals surface area contributed by atoms with E-state index in [1.54, 1.807) is 19.3 Å². The lowest BCUT2D eigenvalue weighted by Gasteiger charge is -2.42. The first-order chi connectivity index (χ1) is 13.9. The molecule has 1 saturated heterocycles. The molecule has 3 heterocycles. The number of aliphatic hydroxyl groups is 1. The van der Waals surface area contributed by atoms with Crippen molar-refractivity contribution >= 4 is 17.4 Å². The van der Waals surface area contributed by atoms with Gasteiger partial charge >= 0.3 is 0 Å². The van der Waals surface area contributed by atoms with Crippen LogP contribution in [0.5, 0.6) is 0 Å². The number of aliphatic hydroxyl groups excluding tert-OH is 1. The first kappa shape index (κ1) is 22.7. The number of pyridine rings is 1. The van der Waals surface area contributed by atoms with Gasteiger partial charge in [-0.15, -0.1) is 0 Å². The van der Waals surface area contributed by atoms with Gasteiger partial charge in [0.15, 0.2) is 5.82 Å². The number of piperidine rings is 1. The summed E-state index contributed by atoms with van der Waals surface area (Å²) in [7, 11) is 1.65. The minimum absolute atomic E-state index is 0. The molecule has 164 valence electrons. The Bertz CT molecular complexity index is 982. The van der Waals surface area contributed by atoms with E-state index >= 15 is 0 Å². The molecule has 2 fully saturated rings. The van der Waals surface area contributed by atoms with Crippen molar-refractivity contribution in [3.63, 3.8) is 0 Å². The number of halogens is 1. The van der Waals surface area contributed by atoms with Crippen LogP contribution in [0.2, 0.25) is 5.02 Å². The third kappa shape index (κ3) is 3.74. The van der Waals surface area contributed by atoms with Crippen LogP contribution in [0.4, 0.5) is 5.82 Å². The van der Waals surface area contributed by atoms with E-state index in [1.807, 2.05) is 6.92 Å². The Kier molecular flexibility index (Phi) is 6.55. The normalized spacial score (nSPS) is 20.4. The van der Waals surface area contributed by atoms with Gasteiger partial charge in [0.05, 0.1) is 18.0 Å². The zero-order chi connectivity index (χ0) is 20.8. The Labute approximate surface area is 182 Å².